The molecule has 1 fully saturated rings. The molecule has 1 N–H and O–H groups in total. The van der Waals surface area contributed by atoms with Gasteiger partial charge in [-0.1, -0.05) is 17.7 Å². The molecule has 1 aliphatic rings. The minimum absolute atomic E-state index is 0.458. The van der Waals surface area contributed by atoms with E-state index in [9.17, 15) is 0 Å². The number of benzene rings is 1. The van der Waals surface area contributed by atoms with Gasteiger partial charge in [0.05, 0.1) is 11.1 Å². The summed E-state index contributed by atoms with van der Waals surface area (Å²) < 4.78 is 6.65. The molecule has 0 saturated carbocycles. The van der Waals surface area contributed by atoms with Crippen LogP contribution in [0, 0.1) is 0 Å². The van der Waals surface area contributed by atoms with Gasteiger partial charge >= 0.3 is 0 Å². The lowest BCUT2D eigenvalue weighted by Gasteiger charge is -2.22. The van der Waals surface area contributed by atoms with Crippen LogP contribution < -0.4 is 5.32 Å². The Kier molecular flexibility index (Phi) is 5.96. The summed E-state index contributed by atoms with van der Waals surface area (Å²) in [5.41, 5.74) is 1.22. The third kappa shape index (κ3) is 4.54. The van der Waals surface area contributed by atoms with E-state index in [0.717, 1.165) is 35.6 Å². The Morgan fingerprint density at radius 3 is 3.00 bits per heavy atom. The van der Waals surface area contributed by atoms with Gasteiger partial charge in [-0.3, -0.25) is 0 Å². The van der Waals surface area contributed by atoms with Crippen LogP contribution in [0.4, 0.5) is 0 Å². The average Bonchev–Trinajstić information content (AvgIpc) is 2.40. The van der Waals surface area contributed by atoms with Crippen molar-refractivity contribution in [1.29, 1.82) is 0 Å². The summed E-state index contributed by atoms with van der Waals surface area (Å²) in [7, 11) is 0. The molecule has 0 amide bonds. The van der Waals surface area contributed by atoms with Crippen molar-refractivity contribution < 1.29 is 4.74 Å². The number of ether oxygens (including phenoxy) is 1. The number of hydrogen-bond donors (Lipinski definition) is 1. The largest absolute Gasteiger partial charge is 0.378 e. The van der Waals surface area contributed by atoms with Crippen molar-refractivity contribution in [2.24, 2.45) is 0 Å². The molecule has 0 radical (unpaired) electrons. The Balaban J connectivity index is 1.66. The van der Waals surface area contributed by atoms with Crippen LogP contribution in [0.25, 0.3) is 0 Å². The summed E-state index contributed by atoms with van der Waals surface area (Å²) in [4.78, 5) is 0. The highest BCUT2D eigenvalue weighted by Gasteiger charge is 2.12. The first-order chi connectivity index (χ1) is 8.75. The molecule has 0 spiro atoms. The van der Waals surface area contributed by atoms with Crippen LogP contribution in [0.15, 0.2) is 22.7 Å². The standard InChI is InChI=1S/C14H19BrClNO/c15-13-5-4-11(9-14(13)16)10-17-7-6-12-3-1-2-8-18-12/h4-5,9,12,17H,1-3,6-8,10H2. The van der Waals surface area contributed by atoms with Crippen molar-refractivity contribution in [2.45, 2.75) is 38.3 Å². The molecule has 100 valence electrons. The highest BCUT2D eigenvalue weighted by Crippen LogP contribution is 2.23. The monoisotopic (exact) mass is 331 g/mol. The lowest BCUT2D eigenvalue weighted by Crippen LogP contribution is -2.25. The topological polar surface area (TPSA) is 21.3 Å². The van der Waals surface area contributed by atoms with Gasteiger partial charge in [0.2, 0.25) is 0 Å². The van der Waals surface area contributed by atoms with E-state index in [4.69, 9.17) is 16.3 Å². The molecule has 1 aliphatic heterocycles. The molecule has 4 heteroatoms. The number of rotatable bonds is 5. The van der Waals surface area contributed by atoms with Gasteiger partial charge in [-0.2, -0.15) is 0 Å². The molecule has 1 aromatic rings. The van der Waals surface area contributed by atoms with Crippen LogP contribution in [0.5, 0.6) is 0 Å². The second-order valence-electron chi connectivity index (χ2n) is 4.70. The van der Waals surface area contributed by atoms with Crippen LogP contribution >= 0.6 is 27.5 Å². The molecule has 0 bridgehead atoms. The Labute approximate surface area is 122 Å². The van der Waals surface area contributed by atoms with Crippen molar-refractivity contribution in [3.63, 3.8) is 0 Å². The molecule has 1 heterocycles. The van der Waals surface area contributed by atoms with Gasteiger partial charge in [-0.25, -0.2) is 0 Å². The van der Waals surface area contributed by atoms with Gasteiger partial charge in [0, 0.05) is 17.6 Å². The van der Waals surface area contributed by atoms with E-state index in [2.05, 4.69) is 27.3 Å². The van der Waals surface area contributed by atoms with Crippen LogP contribution in [-0.2, 0) is 11.3 Å². The van der Waals surface area contributed by atoms with E-state index in [1.807, 2.05) is 12.1 Å². The smallest absolute Gasteiger partial charge is 0.0587 e. The maximum atomic E-state index is 6.05. The van der Waals surface area contributed by atoms with Crippen molar-refractivity contribution in [1.82, 2.24) is 5.32 Å². The van der Waals surface area contributed by atoms with E-state index in [-0.39, 0.29) is 0 Å². The highest BCUT2D eigenvalue weighted by atomic mass is 79.9. The van der Waals surface area contributed by atoms with Crippen molar-refractivity contribution >= 4 is 27.5 Å². The van der Waals surface area contributed by atoms with Crippen LogP contribution in [0.2, 0.25) is 5.02 Å². The third-order valence-corrected chi connectivity index (χ3v) is 4.46. The first-order valence-electron chi connectivity index (χ1n) is 6.52. The molecule has 1 saturated heterocycles. The van der Waals surface area contributed by atoms with E-state index in [1.165, 1.54) is 24.8 Å². The van der Waals surface area contributed by atoms with Gasteiger partial charge in [0.15, 0.2) is 0 Å². The van der Waals surface area contributed by atoms with Gasteiger partial charge in [-0.05, 0) is 65.9 Å². The Bertz CT molecular complexity index is 380. The van der Waals surface area contributed by atoms with Crippen LogP contribution in [0.1, 0.15) is 31.2 Å². The second kappa shape index (κ2) is 7.49. The predicted molar refractivity (Wildman–Crippen MR) is 79.1 cm³/mol. The number of nitrogens with one attached hydrogen (secondary N) is 1. The SMILES string of the molecule is Clc1cc(CNCCC2CCCCO2)ccc1Br. The van der Waals surface area contributed by atoms with E-state index in [0.29, 0.717) is 6.10 Å². The lowest BCUT2D eigenvalue weighted by molar-refractivity contribution is 0.0115. The zero-order chi connectivity index (χ0) is 12.8. The second-order valence-corrected chi connectivity index (χ2v) is 5.96. The molecule has 1 unspecified atom stereocenters. The van der Waals surface area contributed by atoms with E-state index < -0.39 is 0 Å². The summed E-state index contributed by atoms with van der Waals surface area (Å²) in [5, 5.41) is 4.21. The molecule has 1 atom stereocenters. The van der Waals surface area contributed by atoms with Gasteiger partial charge < -0.3 is 10.1 Å². The Hall–Kier alpha value is -0.0900. The van der Waals surface area contributed by atoms with Crippen molar-refractivity contribution in [3.8, 4) is 0 Å². The molecule has 0 aliphatic carbocycles. The fourth-order valence-corrected chi connectivity index (χ4v) is 2.63. The fraction of sp³-hybridized carbons (Fsp3) is 0.571. The van der Waals surface area contributed by atoms with Gasteiger partial charge in [0.1, 0.15) is 0 Å². The summed E-state index contributed by atoms with van der Waals surface area (Å²) in [5.74, 6) is 0. The zero-order valence-electron chi connectivity index (χ0n) is 10.4. The van der Waals surface area contributed by atoms with Crippen LogP contribution in [0.3, 0.4) is 0 Å². The zero-order valence-corrected chi connectivity index (χ0v) is 12.8. The highest BCUT2D eigenvalue weighted by molar-refractivity contribution is 9.10. The lowest BCUT2D eigenvalue weighted by atomic mass is 10.1. The quantitative estimate of drug-likeness (QED) is 0.818. The third-order valence-electron chi connectivity index (χ3n) is 3.23. The fourth-order valence-electron chi connectivity index (χ4n) is 2.18. The minimum atomic E-state index is 0.458. The first kappa shape index (κ1) is 14.3. The predicted octanol–water partition coefficient (Wildman–Crippen LogP) is 4.15. The Morgan fingerprint density at radius 1 is 1.39 bits per heavy atom. The van der Waals surface area contributed by atoms with Crippen molar-refractivity contribution in [2.75, 3.05) is 13.2 Å². The van der Waals surface area contributed by atoms with E-state index >= 15 is 0 Å². The molecular formula is C14H19BrClNO. The number of hydrogen-bond acceptors (Lipinski definition) is 2. The molecule has 2 rings (SSSR count). The molecule has 18 heavy (non-hydrogen) atoms. The summed E-state index contributed by atoms with van der Waals surface area (Å²) in [6.45, 7) is 2.80. The minimum Gasteiger partial charge on any atom is -0.378 e. The molecule has 1 aromatic carbocycles. The molecule has 2 nitrogen and oxygen atoms in total. The first-order valence-corrected chi connectivity index (χ1v) is 7.69. The summed E-state index contributed by atoms with van der Waals surface area (Å²) in [6, 6.07) is 6.07. The summed E-state index contributed by atoms with van der Waals surface area (Å²) >= 11 is 9.45. The number of halogens is 2. The van der Waals surface area contributed by atoms with Crippen LogP contribution in [-0.4, -0.2) is 19.3 Å². The summed E-state index contributed by atoms with van der Waals surface area (Å²) in [6.07, 6.45) is 5.31. The maximum Gasteiger partial charge on any atom is 0.0587 e. The van der Waals surface area contributed by atoms with Gasteiger partial charge in [-0.15, -0.1) is 0 Å². The molecular weight excluding hydrogens is 314 g/mol. The van der Waals surface area contributed by atoms with Gasteiger partial charge in [0.25, 0.3) is 0 Å². The average molecular weight is 333 g/mol. The normalized spacial score (nSPS) is 20.0. The molecule has 0 aromatic heterocycles. The maximum absolute atomic E-state index is 6.05. The van der Waals surface area contributed by atoms with E-state index in [1.54, 1.807) is 0 Å². The Morgan fingerprint density at radius 2 is 2.28 bits per heavy atom. The van der Waals surface area contributed by atoms with Crippen molar-refractivity contribution in [3.05, 3.63) is 33.3 Å².